The Bertz CT molecular complexity index is 540. The normalized spacial score (nSPS) is 29.8. The Morgan fingerprint density at radius 1 is 1.26 bits per heavy atom. The maximum Gasteiger partial charge on any atom is 0.264 e. The lowest BCUT2D eigenvalue weighted by molar-refractivity contribution is -0.131. The standard InChI is InChI=1S/C14H16ClN3O/c1-8-7-12(19)18-14(16-8)13(9(2)17-18)10-3-5-11(15)6-4-10/h3-7,9,13-14,16-17H,1-2H3. The van der Waals surface area contributed by atoms with Gasteiger partial charge in [-0.25, -0.2) is 5.43 Å². The molecule has 19 heavy (non-hydrogen) atoms. The molecular formula is C14H16ClN3O. The van der Waals surface area contributed by atoms with E-state index in [0.29, 0.717) is 0 Å². The fraction of sp³-hybridized carbons (Fsp3) is 0.357. The van der Waals surface area contributed by atoms with Crippen LogP contribution in [0.4, 0.5) is 0 Å². The highest BCUT2D eigenvalue weighted by atomic mass is 35.5. The molecule has 0 saturated carbocycles. The first-order valence-corrected chi connectivity index (χ1v) is 6.74. The SMILES string of the molecule is CC1=CC(=O)N2NC(C)C(c3ccc(Cl)cc3)C2N1. The van der Waals surface area contributed by atoms with Crippen LogP contribution in [0.5, 0.6) is 0 Å². The van der Waals surface area contributed by atoms with E-state index < -0.39 is 0 Å². The van der Waals surface area contributed by atoms with Gasteiger partial charge in [-0.05, 0) is 31.5 Å². The molecule has 1 fully saturated rings. The van der Waals surface area contributed by atoms with E-state index >= 15 is 0 Å². The zero-order valence-electron chi connectivity index (χ0n) is 10.9. The molecule has 0 spiro atoms. The van der Waals surface area contributed by atoms with Crippen molar-refractivity contribution in [3.63, 3.8) is 0 Å². The van der Waals surface area contributed by atoms with Crippen LogP contribution in [0.1, 0.15) is 25.3 Å². The molecule has 100 valence electrons. The van der Waals surface area contributed by atoms with Gasteiger partial charge < -0.3 is 5.32 Å². The van der Waals surface area contributed by atoms with Crippen LogP contribution in [0, 0.1) is 0 Å². The molecule has 1 aromatic rings. The average molecular weight is 278 g/mol. The molecule has 1 saturated heterocycles. The van der Waals surface area contributed by atoms with Crippen LogP contribution in [-0.4, -0.2) is 23.1 Å². The van der Waals surface area contributed by atoms with Crippen LogP contribution >= 0.6 is 11.6 Å². The summed E-state index contributed by atoms with van der Waals surface area (Å²) in [6.07, 6.45) is 1.56. The Labute approximate surface area is 117 Å². The van der Waals surface area contributed by atoms with Crippen molar-refractivity contribution in [1.29, 1.82) is 0 Å². The fourth-order valence-corrected chi connectivity index (χ4v) is 2.98. The summed E-state index contributed by atoms with van der Waals surface area (Å²) in [5, 5.41) is 5.78. The van der Waals surface area contributed by atoms with Crippen molar-refractivity contribution in [2.24, 2.45) is 0 Å². The summed E-state index contributed by atoms with van der Waals surface area (Å²) in [6, 6.07) is 8.00. The number of hydrazine groups is 1. The molecule has 5 heteroatoms. The number of nitrogens with zero attached hydrogens (tertiary/aromatic N) is 1. The van der Waals surface area contributed by atoms with E-state index in [-0.39, 0.29) is 24.0 Å². The molecule has 1 amide bonds. The lowest BCUT2D eigenvalue weighted by Gasteiger charge is -2.32. The number of fused-ring (bicyclic) bond motifs is 1. The van der Waals surface area contributed by atoms with Gasteiger partial charge in [0, 0.05) is 28.8 Å². The van der Waals surface area contributed by atoms with Gasteiger partial charge in [-0.3, -0.25) is 9.80 Å². The van der Waals surface area contributed by atoms with Crippen LogP contribution in [-0.2, 0) is 4.79 Å². The third-order valence-corrected chi connectivity index (χ3v) is 3.96. The van der Waals surface area contributed by atoms with Crippen LogP contribution in [0.15, 0.2) is 36.0 Å². The molecule has 4 nitrogen and oxygen atoms in total. The number of rotatable bonds is 1. The molecular weight excluding hydrogens is 262 g/mol. The summed E-state index contributed by atoms with van der Waals surface area (Å²) in [7, 11) is 0. The van der Waals surface area contributed by atoms with Crippen LogP contribution in [0.25, 0.3) is 0 Å². The van der Waals surface area contributed by atoms with Crippen LogP contribution in [0.3, 0.4) is 0 Å². The highest BCUT2D eigenvalue weighted by Crippen LogP contribution is 2.33. The predicted molar refractivity (Wildman–Crippen MR) is 74.3 cm³/mol. The highest BCUT2D eigenvalue weighted by Gasteiger charge is 2.43. The molecule has 2 aliphatic heterocycles. The van der Waals surface area contributed by atoms with Gasteiger partial charge in [0.2, 0.25) is 0 Å². The smallest absolute Gasteiger partial charge is 0.264 e. The van der Waals surface area contributed by atoms with Crippen molar-refractivity contribution in [3.8, 4) is 0 Å². The number of halogens is 1. The summed E-state index contributed by atoms with van der Waals surface area (Å²) in [6.45, 7) is 4.00. The summed E-state index contributed by atoms with van der Waals surface area (Å²) >= 11 is 5.93. The van der Waals surface area contributed by atoms with Gasteiger partial charge >= 0.3 is 0 Å². The van der Waals surface area contributed by atoms with E-state index in [4.69, 9.17) is 11.6 Å². The minimum Gasteiger partial charge on any atom is -0.367 e. The Hall–Kier alpha value is -1.52. The third-order valence-electron chi connectivity index (χ3n) is 3.71. The molecule has 3 unspecified atom stereocenters. The molecule has 0 bridgehead atoms. The molecule has 3 rings (SSSR count). The molecule has 2 heterocycles. The van der Waals surface area contributed by atoms with Crippen molar-refractivity contribution >= 4 is 17.5 Å². The number of allylic oxidation sites excluding steroid dienone is 1. The number of nitrogens with one attached hydrogen (secondary N) is 2. The van der Waals surface area contributed by atoms with Gasteiger partial charge in [0.25, 0.3) is 5.91 Å². The predicted octanol–water partition coefficient (Wildman–Crippen LogP) is 1.99. The second-order valence-electron chi connectivity index (χ2n) is 5.12. The lowest BCUT2D eigenvalue weighted by Crippen LogP contribution is -2.52. The minimum absolute atomic E-state index is 0.00423. The van der Waals surface area contributed by atoms with E-state index in [0.717, 1.165) is 10.7 Å². The van der Waals surface area contributed by atoms with E-state index in [1.165, 1.54) is 5.56 Å². The van der Waals surface area contributed by atoms with Gasteiger partial charge in [-0.1, -0.05) is 23.7 Å². The Morgan fingerprint density at radius 3 is 2.63 bits per heavy atom. The summed E-state index contributed by atoms with van der Waals surface area (Å²) in [5.74, 6) is 0.203. The molecule has 2 aliphatic rings. The van der Waals surface area contributed by atoms with E-state index in [9.17, 15) is 4.79 Å². The van der Waals surface area contributed by atoms with Gasteiger partial charge in [-0.2, -0.15) is 0 Å². The first-order chi connectivity index (χ1) is 9.06. The number of hydrogen-bond donors (Lipinski definition) is 2. The van der Waals surface area contributed by atoms with Gasteiger partial charge in [0.05, 0.1) is 0 Å². The molecule has 2 N–H and O–H groups in total. The Balaban J connectivity index is 1.95. The zero-order valence-corrected chi connectivity index (χ0v) is 11.6. The van der Waals surface area contributed by atoms with Crippen molar-refractivity contribution in [1.82, 2.24) is 15.8 Å². The molecule has 0 aromatic heterocycles. The van der Waals surface area contributed by atoms with Crippen molar-refractivity contribution in [2.75, 3.05) is 0 Å². The van der Waals surface area contributed by atoms with Crippen molar-refractivity contribution in [3.05, 3.63) is 46.6 Å². The average Bonchev–Trinajstić information content (AvgIpc) is 2.67. The van der Waals surface area contributed by atoms with Crippen LogP contribution < -0.4 is 10.7 Å². The monoisotopic (exact) mass is 277 g/mol. The largest absolute Gasteiger partial charge is 0.367 e. The first kappa shape index (κ1) is 12.5. The van der Waals surface area contributed by atoms with Crippen molar-refractivity contribution in [2.45, 2.75) is 32.0 Å². The van der Waals surface area contributed by atoms with E-state index in [1.807, 2.05) is 31.2 Å². The van der Waals surface area contributed by atoms with Gasteiger partial charge in [0.1, 0.15) is 6.17 Å². The Kier molecular flexibility index (Phi) is 2.99. The molecule has 0 radical (unpaired) electrons. The maximum absolute atomic E-state index is 12.0. The summed E-state index contributed by atoms with van der Waals surface area (Å²) in [4.78, 5) is 12.0. The highest BCUT2D eigenvalue weighted by molar-refractivity contribution is 6.30. The topological polar surface area (TPSA) is 44.4 Å². The number of hydrogen-bond acceptors (Lipinski definition) is 3. The second kappa shape index (κ2) is 4.54. The zero-order chi connectivity index (χ0) is 13.6. The quantitative estimate of drug-likeness (QED) is 0.825. The van der Waals surface area contributed by atoms with Gasteiger partial charge in [-0.15, -0.1) is 0 Å². The molecule has 1 aromatic carbocycles. The molecule has 0 aliphatic carbocycles. The van der Waals surface area contributed by atoms with Crippen LogP contribution in [0.2, 0.25) is 5.02 Å². The summed E-state index contributed by atoms with van der Waals surface area (Å²) in [5.41, 5.74) is 5.31. The number of carbonyl (C=O) groups is 1. The van der Waals surface area contributed by atoms with E-state index in [1.54, 1.807) is 11.1 Å². The van der Waals surface area contributed by atoms with E-state index in [2.05, 4.69) is 17.7 Å². The number of benzene rings is 1. The fourth-order valence-electron chi connectivity index (χ4n) is 2.85. The third kappa shape index (κ3) is 2.11. The van der Waals surface area contributed by atoms with Gasteiger partial charge in [0.15, 0.2) is 0 Å². The summed E-state index contributed by atoms with van der Waals surface area (Å²) < 4.78 is 0. The first-order valence-electron chi connectivity index (χ1n) is 6.36. The Morgan fingerprint density at radius 2 is 1.95 bits per heavy atom. The molecule has 3 atom stereocenters. The number of amides is 1. The lowest BCUT2D eigenvalue weighted by atomic mass is 9.91. The number of carbonyl (C=O) groups excluding carboxylic acids is 1. The minimum atomic E-state index is -0.0475. The van der Waals surface area contributed by atoms with Crippen molar-refractivity contribution < 1.29 is 4.79 Å². The maximum atomic E-state index is 12.0. The second-order valence-corrected chi connectivity index (χ2v) is 5.56.